The summed E-state index contributed by atoms with van der Waals surface area (Å²) in [5.41, 5.74) is 4.00. The van der Waals surface area contributed by atoms with Gasteiger partial charge in [-0.05, 0) is 51.3 Å². The van der Waals surface area contributed by atoms with Crippen molar-refractivity contribution in [3.8, 4) is 0 Å². The van der Waals surface area contributed by atoms with E-state index in [0.29, 0.717) is 23.6 Å². The van der Waals surface area contributed by atoms with Crippen LogP contribution < -0.4 is 4.90 Å². The number of rotatable bonds is 1. The highest BCUT2D eigenvalue weighted by molar-refractivity contribution is 6.32. The van der Waals surface area contributed by atoms with E-state index in [4.69, 9.17) is 11.6 Å². The van der Waals surface area contributed by atoms with E-state index in [2.05, 4.69) is 13.8 Å². The van der Waals surface area contributed by atoms with Gasteiger partial charge in [-0.2, -0.15) is 0 Å². The lowest BCUT2D eigenvalue weighted by molar-refractivity contribution is -0.122. The van der Waals surface area contributed by atoms with Gasteiger partial charge in [0.05, 0.1) is 17.5 Å². The third-order valence-electron chi connectivity index (χ3n) is 4.76. The van der Waals surface area contributed by atoms with Gasteiger partial charge in [-0.25, -0.2) is 4.90 Å². The minimum Gasteiger partial charge on any atom is -0.274 e. The Morgan fingerprint density at radius 2 is 1.52 bits per heavy atom. The normalized spacial score (nSPS) is 25.6. The van der Waals surface area contributed by atoms with E-state index in [0.717, 1.165) is 5.56 Å². The summed E-state index contributed by atoms with van der Waals surface area (Å²) < 4.78 is 0. The van der Waals surface area contributed by atoms with Crippen molar-refractivity contribution in [2.75, 3.05) is 4.90 Å². The Balaban J connectivity index is 1.98. The van der Waals surface area contributed by atoms with E-state index in [-0.39, 0.29) is 23.7 Å². The molecule has 2 aliphatic rings. The average Bonchev–Trinajstić information content (AvgIpc) is 2.66. The van der Waals surface area contributed by atoms with Gasteiger partial charge in [0.2, 0.25) is 11.8 Å². The quantitative estimate of drug-likeness (QED) is 0.583. The number of nitrogens with zero attached hydrogens (tertiary/aromatic N) is 1. The van der Waals surface area contributed by atoms with Crippen molar-refractivity contribution in [2.24, 2.45) is 11.8 Å². The molecular formula is C17H18ClNO2. The minimum absolute atomic E-state index is 0.0863. The number of imide groups is 1. The Hall–Kier alpha value is -1.61. The molecule has 1 aliphatic carbocycles. The average molecular weight is 304 g/mol. The number of allylic oxidation sites excluding steroid dienone is 2. The summed E-state index contributed by atoms with van der Waals surface area (Å²) in [5.74, 6) is -0.587. The smallest absolute Gasteiger partial charge is 0.238 e. The van der Waals surface area contributed by atoms with Crippen LogP contribution in [0.3, 0.4) is 0 Å². The molecule has 3 rings (SSSR count). The number of carbonyl (C=O) groups is 2. The Labute approximate surface area is 129 Å². The number of aryl methyl sites for hydroxylation is 1. The van der Waals surface area contributed by atoms with Gasteiger partial charge in [0.25, 0.3) is 0 Å². The molecule has 0 bridgehead atoms. The van der Waals surface area contributed by atoms with E-state index in [1.54, 1.807) is 12.1 Å². The lowest BCUT2D eigenvalue weighted by Gasteiger charge is -2.23. The molecule has 1 saturated heterocycles. The molecule has 4 heteroatoms. The van der Waals surface area contributed by atoms with Crippen LogP contribution in [-0.4, -0.2) is 11.8 Å². The second-order valence-electron chi connectivity index (χ2n) is 6.13. The summed E-state index contributed by atoms with van der Waals surface area (Å²) in [6.45, 7) is 6.00. The second kappa shape index (κ2) is 4.99. The van der Waals surface area contributed by atoms with Crippen molar-refractivity contribution in [3.05, 3.63) is 39.9 Å². The van der Waals surface area contributed by atoms with E-state index < -0.39 is 0 Å². The molecule has 110 valence electrons. The molecule has 0 radical (unpaired) electrons. The molecule has 0 spiro atoms. The van der Waals surface area contributed by atoms with Gasteiger partial charge in [-0.15, -0.1) is 0 Å². The fourth-order valence-electron chi connectivity index (χ4n) is 3.23. The van der Waals surface area contributed by atoms with Gasteiger partial charge in [0.15, 0.2) is 0 Å². The molecule has 1 aromatic rings. The third kappa shape index (κ3) is 2.20. The highest BCUT2D eigenvalue weighted by atomic mass is 35.5. The van der Waals surface area contributed by atoms with E-state index in [9.17, 15) is 9.59 Å². The summed E-state index contributed by atoms with van der Waals surface area (Å²) in [6, 6.07) is 5.34. The van der Waals surface area contributed by atoms with Gasteiger partial charge in [0, 0.05) is 5.02 Å². The summed E-state index contributed by atoms with van der Waals surface area (Å²) in [4.78, 5) is 26.6. The summed E-state index contributed by atoms with van der Waals surface area (Å²) in [7, 11) is 0. The largest absolute Gasteiger partial charge is 0.274 e. The maximum atomic E-state index is 12.6. The van der Waals surface area contributed by atoms with Gasteiger partial charge in [0.1, 0.15) is 0 Å². The van der Waals surface area contributed by atoms with Crippen molar-refractivity contribution in [3.63, 3.8) is 0 Å². The molecule has 0 unspecified atom stereocenters. The molecule has 1 heterocycles. The fraction of sp³-hybridized carbons (Fsp3) is 0.412. The van der Waals surface area contributed by atoms with Crippen molar-refractivity contribution < 1.29 is 9.59 Å². The van der Waals surface area contributed by atoms with Crippen LogP contribution in [0, 0.1) is 18.8 Å². The molecule has 3 nitrogen and oxygen atoms in total. The predicted octanol–water partition coefficient (Wildman–Crippen LogP) is 3.88. The number of anilines is 1. The van der Waals surface area contributed by atoms with Gasteiger partial charge >= 0.3 is 0 Å². The maximum Gasteiger partial charge on any atom is 0.238 e. The molecule has 0 aromatic heterocycles. The lowest BCUT2D eigenvalue weighted by atomic mass is 9.78. The third-order valence-corrected chi connectivity index (χ3v) is 5.16. The second-order valence-corrected chi connectivity index (χ2v) is 6.53. The maximum absolute atomic E-state index is 12.6. The van der Waals surface area contributed by atoms with Gasteiger partial charge in [-0.3, -0.25) is 9.59 Å². The molecule has 1 fully saturated rings. The van der Waals surface area contributed by atoms with Crippen LogP contribution in [0.5, 0.6) is 0 Å². The predicted molar refractivity (Wildman–Crippen MR) is 83.3 cm³/mol. The molecule has 2 amide bonds. The molecule has 1 aliphatic heterocycles. The zero-order valence-electron chi connectivity index (χ0n) is 12.4. The SMILES string of the molecule is CC1=C(C)C[C@H]2C(=O)N(c3ccc(C)c(Cl)c3)C(=O)[C@@H]2C1. The Bertz CT molecular complexity index is 645. The number of hydrogen-bond donors (Lipinski definition) is 0. The van der Waals surface area contributed by atoms with Crippen LogP contribution in [0.4, 0.5) is 5.69 Å². The molecule has 1 aromatic carbocycles. The number of benzene rings is 1. The first kappa shape index (κ1) is 14.3. The lowest BCUT2D eigenvalue weighted by Crippen LogP contribution is -2.30. The first-order valence-corrected chi connectivity index (χ1v) is 7.57. The van der Waals surface area contributed by atoms with Crippen LogP contribution in [0.2, 0.25) is 5.02 Å². The van der Waals surface area contributed by atoms with Crippen LogP contribution >= 0.6 is 11.6 Å². The molecular weight excluding hydrogens is 286 g/mol. The highest BCUT2D eigenvalue weighted by Crippen LogP contribution is 2.42. The standard InChI is InChI=1S/C17H18ClNO2/c1-9-4-5-12(8-15(9)18)19-16(20)13-6-10(2)11(3)7-14(13)17(19)21/h4-5,8,13-14H,6-7H2,1-3H3/t13-,14-/m1/s1. The number of fused-ring (bicyclic) bond motifs is 1. The summed E-state index contributed by atoms with van der Waals surface area (Å²) in [5, 5.41) is 0.577. The summed E-state index contributed by atoms with van der Waals surface area (Å²) in [6.07, 6.45) is 1.38. The molecule has 2 atom stereocenters. The number of halogens is 1. The first-order chi connectivity index (χ1) is 9.90. The number of amides is 2. The van der Waals surface area contributed by atoms with Crippen LogP contribution in [0.1, 0.15) is 32.3 Å². The minimum atomic E-state index is -0.207. The van der Waals surface area contributed by atoms with Crippen LogP contribution in [-0.2, 0) is 9.59 Å². The zero-order valence-corrected chi connectivity index (χ0v) is 13.2. The number of hydrogen-bond acceptors (Lipinski definition) is 2. The topological polar surface area (TPSA) is 37.4 Å². The molecule has 0 N–H and O–H groups in total. The van der Waals surface area contributed by atoms with Crippen molar-refractivity contribution in [1.82, 2.24) is 0 Å². The number of carbonyl (C=O) groups excluding carboxylic acids is 2. The monoisotopic (exact) mass is 303 g/mol. The van der Waals surface area contributed by atoms with E-state index >= 15 is 0 Å². The van der Waals surface area contributed by atoms with E-state index in [1.165, 1.54) is 16.0 Å². The van der Waals surface area contributed by atoms with Crippen molar-refractivity contribution in [1.29, 1.82) is 0 Å². The van der Waals surface area contributed by atoms with Crippen molar-refractivity contribution >= 4 is 29.1 Å². The zero-order chi connectivity index (χ0) is 15.3. The van der Waals surface area contributed by atoms with Crippen LogP contribution in [0.15, 0.2) is 29.3 Å². The first-order valence-electron chi connectivity index (χ1n) is 7.19. The molecule has 21 heavy (non-hydrogen) atoms. The van der Waals surface area contributed by atoms with Crippen LogP contribution in [0.25, 0.3) is 0 Å². The van der Waals surface area contributed by atoms with Gasteiger partial charge < -0.3 is 0 Å². The highest BCUT2D eigenvalue weighted by Gasteiger charge is 2.49. The Kier molecular flexibility index (Phi) is 3.40. The molecule has 0 saturated carbocycles. The fourth-order valence-corrected chi connectivity index (χ4v) is 3.40. The Morgan fingerprint density at radius 1 is 1.00 bits per heavy atom. The summed E-state index contributed by atoms with van der Waals surface area (Å²) >= 11 is 6.13. The Morgan fingerprint density at radius 3 is 2.00 bits per heavy atom. The van der Waals surface area contributed by atoms with E-state index in [1.807, 2.05) is 13.0 Å². The van der Waals surface area contributed by atoms with Crippen molar-refractivity contribution in [2.45, 2.75) is 33.6 Å². The van der Waals surface area contributed by atoms with Gasteiger partial charge in [-0.1, -0.05) is 28.8 Å².